The minimum Gasteiger partial charge on any atom is -0.132 e. The van der Waals surface area contributed by atoms with Gasteiger partial charge in [-0.25, -0.2) is 0 Å². The van der Waals surface area contributed by atoms with Crippen LogP contribution in [-0.2, 0) is 0 Å². The van der Waals surface area contributed by atoms with Crippen LogP contribution in [0.2, 0.25) is 10.0 Å². The zero-order chi connectivity index (χ0) is 11.7. The summed E-state index contributed by atoms with van der Waals surface area (Å²) >= 11 is 20.7. The standard InChI is InChI=1S/C11H6Br2Cl2S/c12-10-2-1-9(16-10)11(13)6-3-7(14)5-8(15)4-6/h1-5,11H. The van der Waals surface area contributed by atoms with Crippen molar-refractivity contribution in [2.24, 2.45) is 0 Å². The summed E-state index contributed by atoms with van der Waals surface area (Å²) in [6, 6.07) is 9.67. The third-order valence-electron chi connectivity index (χ3n) is 2.02. The summed E-state index contributed by atoms with van der Waals surface area (Å²) in [5.74, 6) is 0. The fourth-order valence-electron chi connectivity index (χ4n) is 1.35. The van der Waals surface area contributed by atoms with Gasteiger partial charge in [-0.15, -0.1) is 11.3 Å². The highest BCUT2D eigenvalue weighted by atomic mass is 79.9. The minimum absolute atomic E-state index is 0.125. The molecule has 1 unspecified atom stereocenters. The van der Waals surface area contributed by atoms with Crippen molar-refractivity contribution >= 4 is 66.4 Å². The maximum atomic E-state index is 5.98. The first kappa shape index (κ1) is 12.9. The van der Waals surface area contributed by atoms with E-state index >= 15 is 0 Å². The van der Waals surface area contributed by atoms with Crippen LogP contribution < -0.4 is 0 Å². The van der Waals surface area contributed by atoms with E-state index < -0.39 is 0 Å². The first-order valence-electron chi connectivity index (χ1n) is 4.41. The van der Waals surface area contributed by atoms with Crippen molar-refractivity contribution in [3.8, 4) is 0 Å². The van der Waals surface area contributed by atoms with Crippen LogP contribution in [0.4, 0.5) is 0 Å². The molecular formula is C11H6Br2Cl2S. The molecule has 0 aliphatic rings. The average molecular weight is 401 g/mol. The Bertz CT molecular complexity index is 490. The molecule has 0 radical (unpaired) electrons. The molecule has 0 saturated heterocycles. The van der Waals surface area contributed by atoms with Gasteiger partial charge in [0, 0.05) is 14.9 Å². The molecule has 1 heterocycles. The quantitative estimate of drug-likeness (QED) is 0.519. The van der Waals surface area contributed by atoms with Crippen molar-refractivity contribution in [2.45, 2.75) is 4.83 Å². The summed E-state index contributed by atoms with van der Waals surface area (Å²) < 4.78 is 1.11. The second-order valence-corrected chi connectivity index (χ2v) is 7.49. The smallest absolute Gasteiger partial charge is 0.0739 e. The molecular weight excluding hydrogens is 395 g/mol. The SMILES string of the molecule is Clc1cc(Cl)cc(C(Br)c2ccc(Br)s2)c1. The van der Waals surface area contributed by atoms with E-state index in [0.717, 1.165) is 9.35 Å². The number of alkyl halides is 1. The molecule has 0 aliphatic carbocycles. The van der Waals surface area contributed by atoms with Crippen molar-refractivity contribution in [1.29, 1.82) is 0 Å². The predicted molar refractivity (Wildman–Crippen MR) is 79.3 cm³/mol. The molecule has 0 amide bonds. The lowest BCUT2D eigenvalue weighted by atomic mass is 10.1. The molecule has 0 bridgehead atoms. The van der Waals surface area contributed by atoms with Gasteiger partial charge >= 0.3 is 0 Å². The Morgan fingerprint density at radius 1 is 1.06 bits per heavy atom. The summed E-state index contributed by atoms with van der Waals surface area (Å²) in [5.41, 5.74) is 1.06. The average Bonchev–Trinajstić information content (AvgIpc) is 2.62. The summed E-state index contributed by atoms with van der Waals surface area (Å²) in [6.07, 6.45) is 0. The van der Waals surface area contributed by atoms with E-state index in [2.05, 4.69) is 37.9 Å². The third kappa shape index (κ3) is 3.02. The van der Waals surface area contributed by atoms with Gasteiger partial charge in [0.05, 0.1) is 8.61 Å². The minimum atomic E-state index is 0.125. The molecule has 0 spiro atoms. The number of hydrogen-bond donors (Lipinski definition) is 0. The largest absolute Gasteiger partial charge is 0.132 e. The van der Waals surface area contributed by atoms with Gasteiger partial charge in [-0.3, -0.25) is 0 Å². The van der Waals surface area contributed by atoms with Crippen LogP contribution in [-0.4, -0.2) is 0 Å². The van der Waals surface area contributed by atoms with Crippen LogP contribution in [0.5, 0.6) is 0 Å². The van der Waals surface area contributed by atoms with Crippen LogP contribution in [0.1, 0.15) is 15.3 Å². The van der Waals surface area contributed by atoms with Gasteiger partial charge in [-0.1, -0.05) is 39.1 Å². The molecule has 5 heteroatoms. The first-order chi connectivity index (χ1) is 7.56. The Kier molecular flexibility index (Phi) is 4.36. The lowest BCUT2D eigenvalue weighted by Gasteiger charge is -2.09. The summed E-state index contributed by atoms with van der Waals surface area (Å²) in [4.78, 5) is 1.34. The monoisotopic (exact) mass is 398 g/mol. The summed E-state index contributed by atoms with van der Waals surface area (Å²) in [6.45, 7) is 0. The van der Waals surface area contributed by atoms with Gasteiger partial charge in [-0.05, 0) is 51.8 Å². The first-order valence-corrected chi connectivity index (χ1v) is 7.69. The Morgan fingerprint density at radius 3 is 2.19 bits per heavy atom. The molecule has 0 aliphatic heterocycles. The zero-order valence-corrected chi connectivity index (χ0v) is 13.4. The molecule has 2 aromatic rings. The number of hydrogen-bond acceptors (Lipinski definition) is 1. The van der Waals surface area contributed by atoms with E-state index in [0.29, 0.717) is 10.0 Å². The second kappa shape index (κ2) is 5.40. The molecule has 2 rings (SSSR count). The lowest BCUT2D eigenvalue weighted by Crippen LogP contribution is -1.89. The number of benzene rings is 1. The Balaban J connectivity index is 2.37. The van der Waals surface area contributed by atoms with Gasteiger partial charge in [-0.2, -0.15) is 0 Å². The van der Waals surface area contributed by atoms with E-state index in [1.807, 2.05) is 18.2 Å². The van der Waals surface area contributed by atoms with Crippen molar-refractivity contribution < 1.29 is 0 Å². The molecule has 0 nitrogen and oxygen atoms in total. The fraction of sp³-hybridized carbons (Fsp3) is 0.0909. The highest BCUT2D eigenvalue weighted by Gasteiger charge is 2.13. The van der Waals surface area contributed by atoms with Crippen LogP contribution in [0, 0.1) is 0 Å². The van der Waals surface area contributed by atoms with Crippen molar-refractivity contribution in [3.05, 3.63) is 54.6 Å². The predicted octanol–water partition coefficient (Wildman–Crippen LogP) is 6.30. The van der Waals surface area contributed by atoms with E-state index in [4.69, 9.17) is 23.2 Å². The van der Waals surface area contributed by atoms with E-state index in [9.17, 15) is 0 Å². The third-order valence-corrected chi connectivity index (χ3v) is 5.47. The summed E-state index contributed by atoms with van der Waals surface area (Å²) in [5, 5.41) is 1.31. The van der Waals surface area contributed by atoms with Gasteiger partial charge in [0.1, 0.15) is 0 Å². The number of thiophene rings is 1. The van der Waals surface area contributed by atoms with E-state index in [-0.39, 0.29) is 4.83 Å². The van der Waals surface area contributed by atoms with Crippen molar-refractivity contribution in [1.82, 2.24) is 0 Å². The molecule has 0 fully saturated rings. The summed E-state index contributed by atoms with van der Waals surface area (Å²) in [7, 11) is 0. The molecule has 16 heavy (non-hydrogen) atoms. The fourth-order valence-corrected chi connectivity index (χ4v) is 4.02. The van der Waals surface area contributed by atoms with Crippen molar-refractivity contribution in [2.75, 3.05) is 0 Å². The normalized spacial score (nSPS) is 12.8. The van der Waals surface area contributed by atoms with Crippen LogP contribution in [0.15, 0.2) is 34.1 Å². The van der Waals surface area contributed by atoms with Gasteiger partial charge < -0.3 is 0 Å². The molecule has 84 valence electrons. The van der Waals surface area contributed by atoms with E-state index in [1.165, 1.54) is 4.88 Å². The number of rotatable bonds is 2. The highest BCUT2D eigenvalue weighted by Crippen LogP contribution is 2.38. The van der Waals surface area contributed by atoms with Crippen molar-refractivity contribution in [3.63, 3.8) is 0 Å². The van der Waals surface area contributed by atoms with Crippen LogP contribution in [0.25, 0.3) is 0 Å². The van der Waals surface area contributed by atoms with Crippen LogP contribution >= 0.6 is 66.4 Å². The highest BCUT2D eigenvalue weighted by molar-refractivity contribution is 9.11. The molecule has 1 atom stereocenters. The zero-order valence-electron chi connectivity index (χ0n) is 7.88. The Morgan fingerprint density at radius 2 is 1.69 bits per heavy atom. The van der Waals surface area contributed by atoms with Gasteiger partial charge in [0.15, 0.2) is 0 Å². The number of halogens is 4. The maximum Gasteiger partial charge on any atom is 0.0739 e. The molecule has 0 saturated carbocycles. The Labute approximate surface area is 125 Å². The van der Waals surface area contributed by atoms with Gasteiger partial charge in [0.25, 0.3) is 0 Å². The molecule has 0 N–H and O–H groups in total. The maximum absolute atomic E-state index is 5.98. The topological polar surface area (TPSA) is 0 Å². The molecule has 1 aromatic carbocycles. The lowest BCUT2D eigenvalue weighted by molar-refractivity contribution is 1.23. The van der Waals surface area contributed by atoms with Crippen LogP contribution in [0.3, 0.4) is 0 Å². The Hall–Kier alpha value is 0.460. The van der Waals surface area contributed by atoms with Gasteiger partial charge in [0.2, 0.25) is 0 Å². The second-order valence-electron chi connectivity index (χ2n) is 3.21. The molecule has 1 aromatic heterocycles. The van der Waals surface area contributed by atoms with E-state index in [1.54, 1.807) is 17.4 Å².